The van der Waals surface area contributed by atoms with Crippen LogP contribution in [-0.4, -0.2) is 22.0 Å². The zero-order valence-corrected chi connectivity index (χ0v) is 20.2. The molecule has 1 N–H and O–H groups in total. The lowest BCUT2D eigenvalue weighted by molar-refractivity contribution is 0.0949. The molecular formula is C24H27ClFN3O2S. The van der Waals surface area contributed by atoms with Crippen molar-refractivity contribution in [3.63, 3.8) is 0 Å². The Labute approximate surface area is 196 Å². The molecule has 0 radical (unpaired) electrons. The van der Waals surface area contributed by atoms with E-state index in [0.29, 0.717) is 51.4 Å². The molecule has 3 rings (SSSR count). The van der Waals surface area contributed by atoms with E-state index in [1.54, 1.807) is 28.8 Å². The second-order valence-electron chi connectivity index (χ2n) is 8.56. The van der Waals surface area contributed by atoms with Crippen molar-refractivity contribution in [2.45, 2.75) is 45.1 Å². The minimum atomic E-state index is -0.396. The molecule has 1 aromatic heterocycles. The van der Waals surface area contributed by atoms with E-state index in [2.05, 4.69) is 5.32 Å². The van der Waals surface area contributed by atoms with Gasteiger partial charge in [-0.3, -0.25) is 14.2 Å². The number of amides is 1. The number of halogens is 2. The van der Waals surface area contributed by atoms with Crippen molar-refractivity contribution in [2.75, 3.05) is 6.54 Å². The summed E-state index contributed by atoms with van der Waals surface area (Å²) in [5.74, 6) is 0.418. The van der Waals surface area contributed by atoms with E-state index in [1.807, 2.05) is 27.7 Å². The molecule has 0 fully saturated rings. The summed E-state index contributed by atoms with van der Waals surface area (Å²) >= 11 is 7.53. The first-order chi connectivity index (χ1) is 15.2. The maximum Gasteiger partial charge on any atom is 0.262 e. The van der Waals surface area contributed by atoms with E-state index in [9.17, 15) is 14.0 Å². The molecule has 0 spiro atoms. The van der Waals surface area contributed by atoms with E-state index >= 15 is 0 Å². The van der Waals surface area contributed by atoms with E-state index < -0.39 is 5.82 Å². The van der Waals surface area contributed by atoms with Crippen molar-refractivity contribution >= 4 is 40.2 Å². The highest BCUT2D eigenvalue weighted by molar-refractivity contribution is 7.98. The zero-order chi connectivity index (χ0) is 23.4. The third kappa shape index (κ3) is 5.90. The van der Waals surface area contributed by atoms with E-state index in [-0.39, 0.29) is 17.4 Å². The van der Waals surface area contributed by atoms with Crippen LogP contribution < -0.4 is 10.9 Å². The molecule has 1 heterocycles. The molecule has 8 heteroatoms. The Kier molecular flexibility index (Phi) is 7.96. The maximum absolute atomic E-state index is 13.4. The van der Waals surface area contributed by atoms with Crippen molar-refractivity contribution in [1.82, 2.24) is 14.9 Å². The normalized spacial score (nSPS) is 11.5. The van der Waals surface area contributed by atoms with Crippen molar-refractivity contribution in [3.8, 4) is 0 Å². The van der Waals surface area contributed by atoms with Gasteiger partial charge in [-0.15, -0.1) is 0 Å². The van der Waals surface area contributed by atoms with Crippen molar-refractivity contribution < 1.29 is 9.18 Å². The van der Waals surface area contributed by atoms with Crippen LogP contribution in [-0.2, 0) is 12.3 Å². The molecule has 32 heavy (non-hydrogen) atoms. The Hall–Kier alpha value is -2.38. The smallest absolute Gasteiger partial charge is 0.262 e. The highest BCUT2D eigenvalue weighted by atomic mass is 35.5. The minimum Gasteiger partial charge on any atom is -0.352 e. The molecule has 5 nitrogen and oxygen atoms in total. The largest absolute Gasteiger partial charge is 0.352 e. The van der Waals surface area contributed by atoms with Gasteiger partial charge >= 0.3 is 0 Å². The van der Waals surface area contributed by atoms with Gasteiger partial charge in [-0.1, -0.05) is 57.1 Å². The Bertz CT molecular complexity index is 1190. The predicted molar refractivity (Wildman–Crippen MR) is 129 cm³/mol. The summed E-state index contributed by atoms with van der Waals surface area (Å²) in [6.45, 7) is 9.19. The first kappa shape index (κ1) is 24.3. The van der Waals surface area contributed by atoms with Gasteiger partial charge in [-0.05, 0) is 47.7 Å². The lowest BCUT2D eigenvalue weighted by Gasteiger charge is -2.15. The number of aromatic nitrogens is 2. The van der Waals surface area contributed by atoms with Gasteiger partial charge in [-0.25, -0.2) is 9.37 Å². The number of thioether (sulfide) groups is 1. The average molecular weight is 476 g/mol. The summed E-state index contributed by atoms with van der Waals surface area (Å²) in [6.07, 6.45) is 0. The molecule has 0 atom stereocenters. The first-order valence-corrected chi connectivity index (χ1v) is 11.9. The monoisotopic (exact) mass is 475 g/mol. The van der Waals surface area contributed by atoms with Crippen LogP contribution in [0.4, 0.5) is 4.39 Å². The van der Waals surface area contributed by atoms with Crippen molar-refractivity contribution in [2.24, 2.45) is 11.8 Å². The summed E-state index contributed by atoms with van der Waals surface area (Å²) in [4.78, 5) is 30.4. The fraction of sp³-hybridized carbons (Fsp3) is 0.375. The van der Waals surface area contributed by atoms with Gasteiger partial charge in [0.05, 0.1) is 10.9 Å². The molecule has 0 aliphatic heterocycles. The molecule has 2 aromatic carbocycles. The van der Waals surface area contributed by atoms with Crippen LogP contribution in [0.15, 0.2) is 46.3 Å². The third-order valence-corrected chi connectivity index (χ3v) is 6.15. The molecule has 0 saturated carbocycles. The molecule has 0 saturated heterocycles. The standard InChI is InChI=1S/C24H27ClFN3O2S/c1-14(2)11-27-22(30)16-6-8-19-21(9-16)28-24(29(23(19)31)12-15(3)4)32-13-17-5-7-18(26)10-20(17)25/h5-10,14-15H,11-13H2,1-4H3,(H,27,30). The van der Waals surface area contributed by atoms with E-state index in [0.717, 1.165) is 5.56 Å². The number of hydrogen-bond donors (Lipinski definition) is 1. The lowest BCUT2D eigenvalue weighted by Crippen LogP contribution is -2.28. The summed E-state index contributed by atoms with van der Waals surface area (Å²) in [6, 6.07) is 9.24. The van der Waals surface area contributed by atoms with Gasteiger partial charge in [0.2, 0.25) is 0 Å². The maximum atomic E-state index is 13.4. The van der Waals surface area contributed by atoms with E-state index in [4.69, 9.17) is 16.6 Å². The molecule has 0 aliphatic carbocycles. The Balaban J connectivity index is 1.99. The predicted octanol–water partition coefficient (Wildman–Crippen LogP) is 5.52. The number of benzene rings is 2. The quantitative estimate of drug-likeness (QED) is 0.344. The molecule has 170 valence electrons. The zero-order valence-electron chi connectivity index (χ0n) is 18.6. The molecule has 1 amide bonds. The van der Waals surface area contributed by atoms with Crippen LogP contribution in [0, 0.1) is 17.7 Å². The second-order valence-corrected chi connectivity index (χ2v) is 9.91. The van der Waals surface area contributed by atoms with Crippen LogP contribution in [0.25, 0.3) is 10.9 Å². The third-order valence-electron chi connectivity index (χ3n) is 4.77. The molecular weight excluding hydrogens is 449 g/mol. The summed E-state index contributed by atoms with van der Waals surface area (Å²) in [5.41, 5.74) is 1.54. The minimum absolute atomic E-state index is 0.148. The van der Waals surface area contributed by atoms with Gasteiger partial charge in [0.15, 0.2) is 5.16 Å². The second kappa shape index (κ2) is 10.5. The van der Waals surface area contributed by atoms with Crippen molar-refractivity contribution in [1.29, 1.82) is 0 Å². The highest BCUT2D eigenvalue weighted by Gasteiger charge is 2.16. The van der Waals surface area contributed by atoms with Crippen molar-refractivity contribution in [3.05, 3.63) is 68.7 Å². The van der Waals surface area contributed by atoms with Gasteiger partial charge < -0.3 is 5.32 Å². The first-order valence-electron chi connectivity index (χ1n) is 10.5. The fourth-order valence-electron chi connectivity index (χ4n) is 3.16. The number of nitrogens with zero attached hydrogens (tertiary/aromatic N) is 2. The highest BCUT2D eigenvalue weighted by Crippen LogP contribution is 2.27. The number of carbonyl (C=O) groups is 1. The number of nitrogens with one attached hydrogen (secondary N) is 1. The Morgan fingerprint density at radius 2 is 1.91 bits per heavy atom. The lowest BCUT2D eigenvalue weighted by atomic mass is 10.1. The van der Waals surface area contributed by atoms with Crippen LogP contribution in [0.2, 0.25) is 5.02 Å². The number of hydrogen-bond acceptors (Lipinski definition) is 4. The Morgan fingerprint density at radius 3 is 2.56 bits per heavy atom. The summed E-state index contributed by atoms with van der Waals surface area (Å²) in [7, 11) is 0. The van der Waals surface area contributed by atoms with Gasteiger partial charge in [0.1, 0.15) is 5.82 Å². The number of carbonyl (C=O) groups excluding carboxylic acids is 1. The van der Waals surface area contributed by atoms with Crippen LogP contribution >= 0.6 is 23.4 Å². The van der Waals surface area contributed by atoms with Gasteiger partial charge in [-0.2, -0.15) is 0 Å². The average Bonchev–Trinajstić information content (AvgIpc) is 2.73. The SMILES string of the molecule is CC(C)CNC(=O)c1ccc2c(=O)n(CC(C)C)c(SCc3ccc(F)cc3Cl)nc2c1. The summed E-state index contributed by atoms with van der Waals surface area (Å²) < 4.78 is 15.0. The van der Waals surface area contributed by atoms with Gasteiger partial charge in [0, 0.05) is 29.4 Å². The molecule has 0 unspecified atom stereocenters. The Morgan fingerprint density at radius 1 is 1.16 bits per heavy atom. The molecule has 0 aliphatic rings. The van der Waals surface area contributed by atoms with Crippen LogP contribution in [0.3, 0.4) is 0 Å². The van der Waals surface area contributed by atoms with Crippen LogP contribution in [0.1, 0.15) is 43.6 Å². The van der Waals surface area contributed by atoms with E-state index in [1.165, 1.54) is 23.9 Å². The van der Waals surface area contributed by atoms with Crippen LogP contribution in [0.5, 0.6) is 0 Å². The summed E-state index contributed by atoms with van der Waals surface area (Å²) in [5, 5.41) is 4.23. The molecule has 0 bridgehead atoms. The topological polar surface area (TPSA) is 64.0 Å². The van der Waals surface area contributed by atoms with Gasteiger partial charge in [0.25, 0.3) is 11.5 Å². The fourth-order valence-corrected chi connectivity index (χ4v) is 4.48. The number of rotatable bonds is 8. The number of fused-ring (bicyclic) bond motifs is 1. The molecule has 3 aromatic rings.